The number of piperidine rings is 1. The Bertz CT molecular complexity index is 443. The molecule has 5 heteroatoms. The third kappa shape index (κ3) is 4.96. The number of hydrogen-bond donors (Lipinski definition) is 2. The summed E-state index contributed by atoms with van der Waals surface area (Å²) in [5, 5.41) is 7.21. The van der Waals surface area contributed by atoms with Crippen molar-refractivity contribution in [3.8, 4) is 11.5 Å². The average molecular weight is 329 g/mol. The summed E-state index contributed by atoms with van der Waals surface area (Å²) >= 11 is 0. The first-order valence-electron chi connectivity index (χ1n) is 7.97. The molecule has 0 saturated carbocycles. The molecule has 0 unspecified atom stereocenters. The van der Waals surface area contributed by atoms with Gasteiger partial charge in [0.1, 0.15) is 0 Å². The fourth-order valence-electron chi connectivity index (χ4n) is 3.02. The fourth-order valence-corrected chi connectivity index (χ4v) is 3.02. The van der Waals surface area contributed by atoms with E-state index in [0.717, 1.165) is 30.3 Å². The number of hydrogen-bond acceptors (Lipinski definition) is 4. The molecule has 126 valence electrons. The molecular weight excluding hydrogens is 300 g/mol. The van der Waals surface area contributed by atoms with Gasteiger partial charge in [0.15, 0.2) is 11.5 Å². The van der Waals surface area contributed by atoms with Crippen LogP contribution in [-0.2, 0) is 0 Å². The standard InChI is InChI=1S/C17H28N2O2.ClH/c1-4-5-6-13-12-18-10-9-15(13)19-14-7-8-16(20-2)17(11-14)21-3;/h7-8,11,13,15,18-19H,4-6,9-10,12H2,1-3H3;1H/t13-,15-;/m0./s1. The summed E-state index contributed by atoms with van der Waals surface area (Å²) in [6, 6.07) is 6.59. The summed E-state index contributed by atoms with van der Waals surface area (Å²) in [7, 11) is 3.34. The van der Waals surface area contributed by atoms with Crippen LogP contribution in [0, 0.1) is 5.92 Å². The maximum atomic E-state index is 5.38. The van der Waals surface area contributed by atoms with Crippen molar-refractivity contribution < 1.29 is 9.47 Å². The smallest absolute Gasteiger partial charge is 0.162 e. The topological polar surface area (TPSA) is 42.5 Å². The zero-order valence-electron chi connectivity index (χ0n) is 13.9. The number of rotatable bonds is 7. The first-order chi connectivity index (χ1) is 10.3. The quantitative estimate of drug-likeness (QED) is 0.800. The van der Waals surface area contributed by atoms with Crippen molar-refractivity contribution in [2.75, 3.05) is 32.6 Å². The highest BCUT2D eigenvalue weighted by Gasteiger charge is 2.24. The Hall–Kier alpha value is -1.13. The molecule has 22 heavy (non-hydrogen) atoms. The lowest BCUT2D eigenvalue weighted by molar-refractivity contribution is 0.319. The van der Waals surface area contributed by atoms with Gasteiger partial charge in [-0.15, -0.1) is 12.4 Å². The Kier molecular flexibility index (Phi) is 8.43. The van der Waals surface area contributed by atoms with Gasteiger partial charge >= 0.3 is 0 Å². The van der Waals surface area contributed by atoms with E-state index in [2.05, 4.69) is 23.6 Å². The van der Waals surface area contributed by atoms with E-state index in [0.29, 0.717) is 12.0 Å². The molecule has 1 aliphatic heterocycles. The number of unbranched alkanes of at least 4 members (excludes halogenated alkanes) is 1. The van der Waals surface area contributed by atoms with Crippen molar-refractivity contribution >= 4 is 18.1 Å². The number of ether oxygens (including phenoxy) is 2. The van der Waals surface area contributed by atoms with Crippen LogP contribution < -0.4 is 20.1 Å². The van der Waals surface area contributed by atoms with Gasteiger partial charge in [0.2, 0.25) is 0 Å². The molecule has 1 fully saturated rings. The van der Waals surface area contributed by atoms with E-state index in [1.165, 1.54) is 25.7 Å². The van der Waals surface area contributed by atoms with Crippen molar-refractivity contribution in [1.82, 2.24) is 5.32 Å². The summed E-state index contributed by atoms with van der Waals surface area (Å²) < 4.78 is 10.7. The molecule has 0 radical (unpaired) electrons. The number of methoxy groups -OCH3 is 2. The first-order valence-corrected chi connectivity index (χ1v) is 7.97. The van der Waals surface area contributed by atoms with Crippen LogP contribution in [0.2, 0.25) is 0 Å². The van der Waals surface area contributed by atoms with E-state index >= 15 is 0 Å². The molecule has 2 N–H and O–H groups in total. The second kappa shape index (κ2) is 9.80. The molecular formula is C17H29ClN2O2. The van der Waals surface area contributed by atoms with E-state index in [4.69, 9.17) is 9.47 Å². The Balaban J connectivity index is 0.00000242. The largest absolute Gasteiger partial charge is 0.493 e. The van der Waals surface area contributed by atoms with Crippen LogP contribution in [0.4, 0.5) is 5.69 Å². The van der Waals surface area contributed by atoms with Crippen LogP contribution in [0.25, 0.3) is 0 Å². The first kappa shape index (κ1) is 18.9. The van der Waals surface area contributed by atoms with E-state index in [1.54, 1.807) is 14.2 Å². The van der Waals surface area contributed by atoms with Gasteiger partial charge in [-0.25, -0.2) is 0 Å². The highest BCUT2D eigenvalue weighted by atomic mass is 35.5. The Morgan fingerprint density at radius 2 is 2.00 bits per heavy atom. The van der Waals surface area contributed by atoms with Gasteiger partial charge in [-0.2, -0.15) is 0 Å². The molecule has 1 aromatic carbocycles. The fraction of sp³-hybridized carbons (Fsp3) is 0.647. The Morgan fingerprint density at radius 1 is 1.23 bits per heavy atom. The zero-order chi connectivity index (χ0) is 15.1. The van der Waals surface area contributed by atoms with Crippen LogP contribution in [0.5, 0.6) is 11.5 Å². The van der Waals surface area contributed by atoms with E-state index in [1.807, 2.05) is 12.1 Å². The molecule has 1 aromatic rings. The van der Waals surface area contributed by atoms with Gasteiger partial charge in [0, 0.05) is 17.8 Å². The lowest BCUT2D eigenvalue weighted by Crippen LogP contribution is -2.43. The number of nitrogens with one attached hydrogen (secondary N) is 2. The molecule has 2 rings (SSSR count). The van der Waals surface area contributed by atoms with Crippen molar-refractivity contribution in [3.05, 3.63) is 18.2 Å². The lowest BCUT2D eigenvalue weighted by atomic mass is 9.88. The predicted molar refractivity (Wildman–Crippen MR) is 94.7 cm³/mol. The van der Waals surface area contributed by atoms with Gasteiger partial charge in [-0.1, -0.05) is 19.8 Å². The van der Waals surface area contributed by atoms with Gasteiger partial charge in [-0.3, -0.25) is 0 Å². The molecule has 0 spiro atoms. The number of benzene rings is 1. The van der Waals surface area contributed by atoms with Crippen LogP contribution in [0.1, 0.15) is 32.6 Å². The molecule has 0 aliphatic carbocycles. The minimum absolute atomic E-state index is 0. The second-order valence-electron chi connectivity index (χ2n) is 5.72. The van der Waals surface area contributed by atoms with Crippen molar-refractivity contribution in [1.29, 1.82) is 0 Å². The van der Waals surface area contributed by atoms with Gasteiger partial charge < -0.3 is 20.1 Å². The number of halogens is 1. The zero-order valence-corrected chi connectivity index (χ0v) is 14.7. The third-order valence-electron chi connectivity index (χ3n) is 4.27. The highest BCUT2D eigenvalue weighted by Crippen LogP contribution is 2.31. The molecule has 0 bridgehead atoms. The molecule has 1 heterocycles. The summed E-state index contributed by atoms with van der Waals surface area (Å²) in [5.74, 6) is 2.25. The minimum atomic E-state index is 0. The molecule has 4 nitrogen and oxygen atoms in total. The highest BCUT2D eigenvalue weighted by molar-refractivity contribution is 5.85. The van der Waals surface area contributed by atoms with Crippen molar-refractivity contribution in [2.45, 2.75) is 38.6 Å². The molecule has 1 aliphatic rings. The molecule has 0 amide bonds. The average Bonchev–Trinajstić information content (AvgIpc) is 2.54. The monoisotopic (exact) mass is 328 g/mol. The van der Waals surface area contributed by atoms with Gasteiger partial charge in [0.05, 0.1) is 14.2 Å². The Labute approximate surface area is 140 Å². The van der Waals surface area contributed by atoms with Crippen LogP contribution in [-0.4, -0.2) is 33.4 Å². The van der Waals surface area contributed by atoms with Crippen LogP contribution >= 0.6 is 12.4 Å². The summed E-state index contributed by atoms with van der Waals surface area (Å²) in [6.07, 6.45) is 5.02. The third-order valence-corrected chi connectivity index (χ3v) is 4.27. The van der Waals surface area contributed by atoms with E-state index in [-0.39, 0.29) is 12.4 Å². The molecule has 1 saturated heterocycles. The molecule has 0 aromatic heterocycles. The Morgan fingerprint density at radius 3 is 2.68 bits per heavy atom. The van der Waals surface area contributed by atoms with Crippen molar-refractivity contribution in [2.24, 2.45) is 5.92 Å². The number of anilines is 1. The maximum Gasteiger partial charge on any atom is 0.162 e. The van der Waals surface area contributed by atoms with Crippen molar-refractivity contribution in [3.63, 3.8) is 0 Å². The summed E-state index contributed by atoms with van der Waals surface area (Å²) in [6.45, 7) is 4.46. The normalized spacial score (nSPS) is 20.9. The summed E-state index contributed by atoms with van der Waals surface area (Å²) in [5.41, 5.74) is 1.11. The molecule has 2 atom stereocenters. The lowest BCUT2D eigenvalue weighted by Gasteiger charge is -2.33. The van der Waals surface area contributed by atoms with Gasteiger partial charge in [-0.05, 0) is 44.0 Å². The van der Waals surface area contributed by atoms with E-state index in [9.17, 15) is 0 Å². The van der Waals surface area contributed by atoms with E-state index < -0.39 is 0 Å². The van der Waals surface area contributed by atoms with Gasteiger partial charge in [0.25, 0.3) is 0 Å². The predicted octanol–water partition coefficient (Wildman–Crippen LogP) is 3.71. The summed E-state index contributed by atoms with van der Waals surface area (Å²) in [4.78, 5) is 0. The van der Waals surface area contributed by atoms with Crippen LogP contribution in [0.3, 0.4) is 0 Å². The SMILES string of the molecule is CCCC[C@H]1CNCC[C@@H]1Nc1ccc(OC)c(OC)c1.Cl. The maximum absolute atomic E-state index is 5.38. The second-order valence-corrected chi connectivity index (χ2v) is 5.72. The van der Waals surface area contributed by atoms with Crippen LogP contribution in [0.15, 0.2) is 18.2 Å². The minimum Gasteiger partial charge on any atom is -0.493 e.